The van der Waals surface area contributed by atoms with Crippen molar-refractivity contribution < 1.29 is 9.53 Å². The Labute approximate surface area is 158 Å². The van der Waals surface area contributed by atoms with E-state index in [9.17, 15) is 4.79 Å². The molecule has 2 aromatic rings. The molecule has 0 aliphatic rings. The van der Waals surface area contributed by atoms with E-state index >= 15 is 0 Å². The predicted molar refractivity (Wildman–Crippen MR) is 103 cm³/mol. The van der Waals surface area contributed by atoms with E-state index in [1.165, 1.54) is 0 Å². The Kier molecular flexibility index (Phi) is 7.72. The summed E-state index contributed by atoms with van der Waals surface area (Å²) < 4.78 is 5.18. The van der Waals surface area contributed by atoms with Gasteiger partial charge in [0, 0.05) is 24.7 Å². The van der Waals surface area contributed by atoms with Crippen molar-refractivity contribution in [2.45, 2.75) is 13.0 Å². The lowest BCUT2D eigenvalue weighted by molar-refractivity contribution is -0.118. The molecule has 134 valence electrons. The van der Waals surface area contributed by atoms with Crippen LogP contribution in [0.25, 0.3) is 0 Å². The van der Waals surface area contributed by atoms with E-state index in [-0.39, 0.29) is 18.5 Å². The Morgan fingerprint density at radius 1 is 1.20 bits per heavy atom. The lowest BCUT2D eigenvalue weighted by atomic mass is 10.1. The molecular formula is C19H22Cl2N2O2. The Bertz CT molecular complexity index is 695. The topological polar surface area (TPSA) is 41.6 Å². The molecule has 4 nitrogen and oxygen atoms in total. The Morgan fingerprint density at radius 2 is 1.92 bits per heavy atom. The molecule has 0 unspecified atom stereocenters. The number of nitrogens with one attached hydrogen (secondary N) is 1. The highest BCUT2D eigenvalue weighted by Crippen LogP contribution is 2.26. The molecule has 0 saturated heterocycles. The molecular weight excluding hydrogens is 359 g/mol. The number of methoxy groups -OCH3 is 1. The summed E-state index contributed by atoms with van der Waals surface area (Å²) in [6.45, 7) is 3.48. The molecule has 2 rings (SSSR count). The van der Waals surface area contributed by atoms with E-state index in [4.69, 9.17) is 27.9 Å². The zero-order chi connectivity index (χ0) is 18.2. The van der Waals surface area contributed by atoms with E-state index in [1.54, 1.807) is 25.3 Å². The van der Waals surface area contributed by atoms with Gasteiger partial charge in [-0.05, 0) is 30.7 Å². The van der Waals surface area contributed by atoms with Crippen LogP contribution in [0.5, 0.6) is 0 Å². The fourth-order valence-corrected chi connectivity index (χ4v) is 2.86. The van der Waals surface area contributed by atoms with E-state index in [2.05, 4.69) is 29.3 Å². The highest BCUT2D eigenvalue weighted by Gasteiger charge is 2.19. The number of ether oxygens (including phenoxy) is 1. The second-order valence-corrected chi connectivity index (χ2v) is 6.57. The Morgan fingerprint density at radius 3 is 2.60 bits per heavy atom. The van der Waals surface area contributed by atoms with Crippen LogP contribution < -0.4 is 5.32 Å². The van der Waals surface area contributed by atoms with Crippen LogP contribution in [0.4, 0.5) is 5.69 Å². The minimum absolute atomic E-state index is 0.0805. The summed E-state index contributed by atoms with van der Waals surface area (Å²) in [5.41, 5.74) is 1.66. The summed E-state index contributed by atoms with van der Waals surface area (Å²) in [4.78, 5) is 14.6. The van der Waals surface area contributed by atoms with E-state index < -0.39 is 0 Å². The van der Waals surface area contributed by atoms with Crippen LogP contribution >= 0.6 is 23.2 Å². The van der Waals surface area contributed by atoms with Gasteiger partial charge in [0.1, 0.15) is 0 Å². The van der Waals surface area contributed by atoms with Crippen molar-refractivity contribution in [3.05, 3.63) is 64.1 Å². The minimum atomic E-state index is -0.150. The molecule has 0 bridgehead atoms. The van der Waals surface area contributed by atoms with Crippen LogP contribution in [-0.2, 0) is 9.53 Å². The van der Waals surface area contributed by atoms with Gasteiger partial charge in [-0.15, -0.1) is 0 Å². The SMILES string of the molecule is COCCN(CC(=O)Nc1cc(Cl)ccc1Cl)[C@H](C)c1ccccc1. The molecule has 6 heteroatoms. The first-order valence-electron chi connectivity index (χ1n) is 8.04. The molecule has 2 aromatic carbocycles. The van der Waals surface area contributed by atoms with Gasteiger partial charge >= 0.3 is 0 Å². The maximum Gasteiger partial charge on any atom is 0.238 e. The van der Waals surface area contributed by atoms with Crippen LogP contribution in [0, 0.1) is 0 Å². The number of amides is 1. The van der Waals surface area contributed by atoms with E-state index in [0.717, 1.165) is 5.56 Å². The van der Waals surface area contributed by atoms with Crippen LogP contribution in [-0.4, -0.2) is 37.6 Å². The molecule has 1 atom stereocenters. The van der Waals surface area contributed by atoms with Crippen molar-refractivity contribution in [1.29, 1.82) is 0 Å². The highest BCUT2D eigenvalue weighted by atomic mass is 35.5. The van der Waals surface area contributed by atoms with Crippen molar-refractivity contribution in [1.82, 2.24) is 4.90 Å². The van der Waals surface area contributed by atoms with Gasteiger partial charge in [-0.25, -0.2) is 0 Å². The monoisotopic (exact) mass is 380 g/mol. The second kappa shape index (κ2) is 9.78. The van der Waals surface area contributed by atoms with Gasteiger partial charge in [-0.2, -0.15) is 0 Å². The number of hydrogen-bond donors (Lipinski definition) is 1. The molecule has 25 heavy (non-hydrogen) atoms. The first-order chi connectivity index (χ1) is 12.0. The van der Waals surface area contributed by atoms with Crippen molar-refractivity contribution in [3.8, 4) is 0 Å². The average molecular weight is 381 g/mol. The van der Waals surface area contributed by atoms with E-state index in [1.807, 2.05) is 18.2 Å². The normalized spacial score (nSPS) is 12.2. The van der Waals surface area contributed by atoms with Gasteiger partial charge in [0.05, 0.1) is 23.9 Å². The smallest absolute Gasteiger partial charge is 0.238 e. The number of nitrogens with zero attached hydrogens (tertiary/aromatic N) is 1. The maximum absolute atomic E-state index is 12.5. The third-order valence-corrected chi connectivity index (χ3v) is 4.53. The number of carbonyl (C=O) groups excluding carboxylic acids is 1. The van der Waals surface area contributed by atoms with Crippen LogP contribution in [0.3, 0.4) is 0 Å². The van der Waals surface area contributed by atoms with Gasteiger partial charge in [0.25, 0.3) is 0 Å². The molecule has 0 fully saturated rings. The van der Waals surface area contributed by atoms with Crippen molar-refractivity contribution in [2.75, 3.05) is 32.1 Å². The molecule has 0 saturated carbocycles. The minimum Gasteiger partial charge on any atom is -0.383 e. The third kappa shape index (κ3) is 6.01. The number of hydrogen-bond acceptors (Lipinski definition) is 3. The number of rotatable bonds is 8. The summed E-state index contributed by atoms with van der Waals surface area (Å²) in [5.74, 6) is -0.150. The zero-order valence-electron chi connectivity index (χ0n) is 14.3. The van der Waals surface area contributed by atoms with Gasteiger partial charge in [0.15, 0.2) is 0 Å². The van der Waals surface area contributed by atoms with Crippen molar-refractivity contribution >= 4 is 34.8 Å². The van der Waals surface area contributed by atoms with Gasteiger partial charge < -0.3 is 10.1 Å². The first-order valence-corrected chi connectivity index (χ1v) is 8.79. The summed E-state index contributed by atoms with van der Waals surface area (Å²) in [6.07, 6.45) is 0. The van der Waals surface area contributed by atoms with Crippen molar-refractivity contribution in [2.24, 2.45) is 0 Å². The Hall–Kier alpha value is -1.59. The first kappa shape index (κ1) is 19.7. The van der Waals surface area contributed by atoms with E-state index in [0.29, 0.717) is 28.9 Å². The van der Waals surface area contributed by atoms with Gasteiger partial charge in [-0.1, -0.05) is 53.5 Å². The molecule has 0 radical (unpaired) electrons. The average Bonchev–Trinajstić information content (AvgIpc) is 2.62. The van der Waals surface area contributed by atoms with Gasteiger partial charge in [-0.3, -0.25) is 9.69 Å². The lowest BCUT2D eigenvalue weighted by Crippen LogP contribution is -2.37. The van der Waals surface area contributed by atoms with Crippen LogP contribution in [0.15, 0.2) is 48.5 Å². The molecule has 0 spiro atoms. The molecule has 0 aliphatic carbocycles. The zero-order valence-corrected chi connectivity index (χ0v) is 15.8. The summed E-state index contributed by atoms with van der Waals surface area (Å²) >= 11 is 12.1. The molecule has 0 heterocycles. The van der Waals surface area contributed by atoms with Gasteiger partial charge in [0.2, 0.25) is 5.91 Å². The number of benzene rings is 2. The number of anilines is 1. The summed E-state index contributed by atoms with van der Waals surface area (Å²) in [5, 5.41) is 3.80. The Balaban J connectivity index is 2.07. The second-order valence-electron chi connectivity index (χ2n) is 5.72. The molecule has 0 aliphatic heterocycles. The number of carbonyl (C=O) groups is 1. The fourth-order valence-electron chi connectivity index (χ4n) is 2.53. The quantitative estimate of drug-likeness (QED) is 0.724. The summed E-state index contributed by atoms with van der Waals surface area (Å²) in [7, 11) is 1.65. The maximum atomic E-state index is 12.5. The molecule has 1 N–H and O–H groups in total. The van der Waals surface area contributed by atoms with Crippen LogP contribution in [0.1, 0.15) is 18.5 Å². The summed E-state index contributed by atoms with van der Waals surface area (Å²) in [6, 6.07) is 15.1. The molecule has 1 amide bonds. The number of halogens is 2. The standard InChI is InChI=1S/C19H22Cl2N2O2/c1-14(15-6-4-3-5-7-15)23(10-11-25-2)13-19(24)22-18-12-16(20)8-9-17(18)21/h3-9,12,14H,10-11,13H2,1-2H3,(H,22,24)/t14-/m1/s1. The highest BCUT2D eigenvalue weighted by molar-refractivity contribution is 6.35. The molecule has 0 aromatic heterocycles. The lowest BCUT2D eigenvalue weighted by Gasteiger charge is -2.28. The largest absolute Gasteiger partial charge is 0.383 e. The third-order valence-electron chi connectivity index (χ3n) is 3.96. The predicted octanol–water partition coefficient (Wildman–Crippen LogP) is 4.64. The van der Waals surface area contributed by atoms with Crippen LogP contribution in [0.2, 0.25) is 10.0 Å². The fraction of sp³-hybridized carbons (Fsp3) is 0.316. The van der Waals surface area contributed by atoms with Crippen molar-refractivity contribution in [3.63, 3.8) is 0 Å².